The number of allylic oxidation sites excluding steroid dienone is 1. The summed E-state index contributed by atoms with van der Waals surface area (Å²) in [6, 6.07) is 0. The first-order valence-electron chi connectivity index (χ1n) is 3.91. The molecule has 1 aliphatic carbocycles. The highest BCUT2D eigenvalue weighted by Gasteiger charge is 2.50. The first kappa shape index (κ1) is 8.34. The van der Waals surface area contributed by atoms with Crippen LogP contribution in [0.4, 0.5) is 8.78 Å². The summed E-state index contributed by atoms with van der Waals surface area (Å²) in [5.41, 5.74) is 0. The van der Waals surface area contributed by atoms with E-state index in [2.05, 4.69) is 4.74 Å². The minimum atomic E-state index is -1.32. The van der Waals surface area contributed by atoms with Crippen LogP contribution < -0.4 is 0 Å². The molecule has 0 radical (unpaired) electrons. The highest BCUT2D eigenvalue weighted by atomic mass is 19.2. The Balaban J connectivity index is 2.40. The van der Waals surface area contributed by atoms with Crippen LogP contribution in [0.5, 0.6) is 0 Å². The third kappa shape index (κ3) is 1.07. The summed E-state index contributed by atoms with van der Waals surface area (Å²) in [6.45, 7) is 0. The van der Waals surface area contributed by atoms with Crippen LogP contribution in [-0.4, -0.2) is 11.9 Å². The van der Waals surface area contributed by atoms with Gasteiger partial charge in [-0.15, -0.1) is 0 Å². The Bertz CT molecular complexity index is 321. The molecule has 0 aromatic carbocycles. The fraction of sp³-hybridized carbons (Fsp3) is 0.500. The molecule has 2 aliphatic rings. The second-order valence-electron chi connectivity index (χ2n) is 3.12. The van der Waals surface area contributed by atoms with Gasteiger partial charge in [0.25, 0.3) is 0 Å². The van der Waals surface area contributed by atoms with E-state index in [4.69, 9.17) is 0 Å². The number of rotatable bonds is 0. The molecule has 0 saturated carbocycles. The van der Waals surface area contributed by atoms with Gasteiger partial charge >= 0.3 is 11.9 Å². The lowest BCUT2D eigenvalue weighted by molar-refractivity contribution is -0.153. The molecule has 3 nitrogen and oxygen atoms in total. The van der Waals surface area contributed by atoms with E-state index >= 15 is 0 Å². The van der Waals surface area contributed by atoms with Crippen molar-refractivity contribution in [2.24, 2.45) is 11.8 Å². The molecule has 0 aromatic heterocycles. The van der Waals surface area contributed by atoms with E-state index in [0.717, 1.165) is 0 Å². The van der Waals surface area contributed by atoms with Gasteiger partial charge in [0.15, 0.2) is 0 Å². The first-order valence-corrected chi connectivity index (χ1v) is 3.91. The van der Waals surface area contributed by atoms with Crippen molar-refractivity contribution < 1.29 is 23.1 Å². The monoisotopic (exact) mass is 188 g/mol. The van der Waals surface area contributed by atoms with Gasteiger partial charge in [-0.2, -0.15) is 0 Å². The Kier molecular flexibility index (Phi) is 1.68. The molecule has 5 heteroatoms. The molecule has 2 rings (SSSR count). The maximum atomic E-state index is 13.0. The van der Waals surface area contributed by atoms with E-state index in [-0.39, 0.29) is 12.8 Å². The second-order valence-corrected chi connectivity index (χ2v) is 3.12. The summed E-state index contributed by atoms with van der Waals surface area (Å²) in [5, 5.41) is 0. The topological polar surface area (TPSA) is 43.4 Å². The third-order valence-corrected chi connectivity index (χ3v) is 2.37. The van der Waals surface area contributed by atoms with Crippen LogP contribution in [0, 0.1) is 11.8 Å². The standard InChI is InChI=1S/C8H6F2O3/c9-4-2-1-3-5(6(4)10)8(12)13-7(3)11/h3,5H,1-2H2. The summed E-state index contributed by atoms with van der Waals surface area (Å²) < 4.78 is 29.9. The number of ether oxygens (including phenoxy) is 1. The molecule has 0 bridgehead atoms. The van der Waals surface area contributed by atoms with Crippen LogP contribution >= 0.6 is 0 Å². The van der Waals surface area contributed by atoms with Crippen molar-refractivity contribution in [1.82, 2.24) is 0 Å². The zero-order valence-electron chi connectivity index (χ0n) is 6.55. The molecule has 0 spiro atoms. The normalized spacial score (nSPS) is 33.4. The molecule has 1 heterocycles. The van der Waals surface area contributed by atoms with Gasteiger partial charge < -0.3 is 4.74 Å². The van der Waals surface area contributed by atoms with Crippen molar-refractivity contribution in [1.29, 1.82) is 0 Å². The van der Waals surface area contributed by atoms with Crippen LogP contribution in [-0.2, 0) is 14.3 Å². The van der Waals surface area contributed by atoms with Crippen molar-refractivity contribution in [2.45, 2.75) is 12.8 Å². The quantitative estimate of drug-likeness (QED) is 0.424. The average molecular weight is 188 g/mol. The van der Waals surface area contributed by atoms with Crippen LogP contribution in [0.1, 0.15) is 12.8 Å². The number of fused-ring (bicyclic) bond motifs is 1. The summed E-state index contributed by atoms with van der Waals surface area (Å²) in [4.78, 5) is 21.8. The Morgan fingerprint density at radius 2 is 1.92 bits per heavy atom. The number of carbonyl (C=O) groups excluding carboxylic acids is 2. The molecular formula is C8H6F2O3. The molecular weight excluding hydrogens is 182 g/mol. The fourth-order valence-corrected chi connectivity index (χ4v) is 1.67. The minimum Gasteiger partial charge on any atom is -0.392 e. The third-order valence-electron chi connectivity index (χ3n) is 2.37. The molecule has 1 saturated heterocycles. The summed E-state index contributed by atoms with van der Waals surface area (Å²) in [7, 11) is 0. The summed E-state index contributed by atoms with van der Waals surface area (Å²) >= 11 is 0. The maximum absolute atomic E-state index is 13.0. The molecule has 0 N–H and O–H groups in total. The van der Waals surface area contributed by atoms with Gasteiger partial charge in [0.05, 0.1) is 5.92 Å². The summed E-state index contributed by atoms with van der Waals surface area (Å²) in [5.74, 6) is -5.91. The van der Waals surface area contributed by atoms with Crippen molar-refractivity contribution >= 4 is 11.9 Å². The predicted octanol–water partition coefficient (Wildman–Crippen LogP) is 1.25. The van der Waals surface area contributed by atoms with Gasteiger partial charge in [-0.1, -0.05) is 0 Å². The lowest BCUT2D eigenvalue weighted by Gasteiger charge is -2.16. The maximum Gasteiger partial charge on any atom is 0.324 e. The molecule has 1 fully saturated rings. The number of carbonyl (C=O) groups is 2. The molecule has 1 aliphatic heterocycles. The molecule has 2 atom stereocenters. The number of cyclic esters (lactones) is 2. The molecule has 0 aromatic rings. The van der Waals surface area contributed by atoms with Gasteiger partial charge in [-0.05, 0) is 6.42 Å². The Labute approximate surface area is 72.4 Å². The van der Waals surface area contributed by atoms with Gasteiger partial charge in [-0.25, -0.2) is 8.78 Å². The first-order chi connectivity index (χ1) is 6.11. The van der Waals surface area contributed by atoms with Gasteiger partial charge in [-0.3, -0.25) is 9.59 Å². The number of hydrogen-bond acceptors (Lipinski definition) is 3. The van der Waals surface area contributed by atoms with Crippen molar-refractivity contribution in [3.8, 4) is 0 Å². The van der Waals surface area contributed by atoms with Crippen LogP contribution in [0.2, 0.25) is 0 Å². The Morgan fingerprint density at radius 1 is 1.23 bits per heavy atom. The SMILES string of the molecule is O=C1OC(=O)C2C(F)=C(F)CCC12. The van der Waals surface area contributed by atoms with E-state index in [1.54, 1.807) is 0 Å². The van der Waals surface area contributed by atoms with Crippen LogP contribution in [0.25, 0.3) is 0 Å². The zero-order valence-corrected chi connectivity index (χ0v) is 6.55. The molecule has 2 unspecified atom stereocenters. The Hall–Kier alpha value is -1.26. The highest BCUT2D eigenvalue weighted by Crippen LogP contribution is 2.41. The van der Waals surface area contributed by atoms with E-state index in [1.807, 2.05) is 0 Å². The van der Waals surface area contributed by atoms with Crippen molar-refractivity contribution in [3.63, 3.8) is 0 Å². The average Bonchev–Trinajstić information content (AvgIpc) is 2.35. The number of hydrogen-bond donors (Lipinski definition) is 0. The van der Waals surface area contributed by atoms with Crippen LogP contribution in [0.15, 0.2) is 11.7 Å². The molecule has 13 heavy (non-hydrogen) atoms. The summed E-state index contributed by atoms with van der Waals surface area (Å²) in [6.07, 6.45) is 0.0177. The van der Waals surface area contributed by atoms with E-state index in [0.29, 0.717) is 0 Å². The fourth-order valence-electron chi connectivity index (χ4n) is 1.67. The van der Waals surface area contributed by atoms with Gasteiger partial charge in [0.1, 0.15) is 17.6 Å². The minimum absolute atomic E-state index is 0.130. The van der Waals surface area contributed by atoms with Crippen molar-refractivity contribution in [3.05, 3.63) is 11.7 Å². The lowest BCUT2D eigenvalue weighted by atomic mass is 9.84. The molecule has 70 valence electrons. The van der Waals surface area contributed by atoms with Gasteiger partial charge in [0, 0.05) is 6.42 Å². The van der Waals surface area contributed by atoms with E-state index < -0.39 is 35.4 Å². The smallest absolute Gasteiger partial charge is 0.324 e. The Morgan fingerprint density at radius 3 is 2.62 bits per heavy atom. The lowest BCUT2D eigenvalue weighted by Crippen LogP contribution is -2.22. The molecule has 0 amide bonds. The van der Waals surface area contributed by atoms with Crippen LogP contribution in [0.3, 0.4) is 0 Å². The largest absolute Gasteiger partial charge is 0.392 e. The number of halogens is 2. The van der Waals surface area contributed by atoms with Crippen molar-refractivity contribution in [2.75, 3.05) is 0 Å². The van der Waals surface area contributed by atoms with Gasteiger partial charge in [0.2, 0.25) is 0 Å². The van der Waals surface area contributed by atoms with E-state index in [9.17, 15) is 18.4 Å². The number of esters is 2. The highest BCUT2D eigenvalue weighted by molar-refractivity contribution is 5.98. The zero-order chi connectivity index (χ0) is 9.59. The predicted molar refractivity (Wildman–Crippen MR) is 36.6 cm³/mol. The second kappa shape index (κ2) is 2.61. The van der Waals surface area contributed by atoms with E-state index in [1.165, 1.54) is 0 Å².